The summed E-state index contributed by atoms with van der Waals surface area (Å²) < 4.78 is 0. The summed E-state index contributed by atoms with van der Waals surface area (Å²) in [6.07, 6.45) is 14.2. The fraction of sp³-hybridized carbons (Fsp3) is 0.800. The molecule has 132 valence electrons. The molecule has 1 saturated heterocycles. The molecule has 1 heterocycles. The predicted octanol–water partition coefficient (Wildman–Crippen LogP) is 3.38. The van der Waals surface area contributed by atoms with E-state index in [-0.39, 0.29) is 17.2 Å². The monoisotopic (exact) mass is 330 g/mol. The van der Waals surface area contributed by atoms with Gasteiger partial charge in [-0.1, -0.05) is 18.9 Å². The number of hydrogen-bond donors (Lipinski definition) is 1. The van der Waals surface area contributed by atoms with E-state index in [0.717, 1.165) is 45.2 Å². The lowest BCUT2D eigenvalue weighted by Gasteiger charge is -2.47. The lowest BCUT2D eigenvalue weighted by molar-refractivity contribution is -0.134. The lowest BCUT2D eigenvalue weighted by Crippen LogP contribution is -2.51. The van der Waals surface area contributed by atoms with Crippen molar-refractivity contribution in [3.05, 3.63) is 11.8 Å². The van der Waals surface area contributed by atoms with E-state index < -0.39 is 0 Å². The van der Waals surface area contributed by atoms with Crippen molar-refractivity contribution in [1.82, 2.24) is 10.2 Å². The number of likely N-dealkylation sites (tertiary alicyclic amines) is 1. The number of hydrogen-bond acceptors (Lipinski definition) is 2. The first-order valence-corrected chi connectivity index (χ1v) is 9.97. The molecule has 0 radical (unpaired) electrons. The molecule has 3 fully saturated rings. The molecule has 0 bridgehead atoms. The second-order valence-corrected chi connectivity index (χ2v) is 8.41. The van der Waals surface area contributed by atoms with Gasteiger partial charge in [0.15, 0.2) is 0 Å². The summed E-state index contributed by atoms with van der Waals surface area (Å²) in [5.41, 5.74) is 1.25. The zero-order valence-electron chi connectivity index (χ0n) is 14.7. The third kappa shape index (κ3) is 3.12. The third-order valence-corrected chi connectivity index (χ3v) is 6.61. The Morgan fingerprint density at radius 2 is 1.96 bits per heavy atom. The Hall–Kier alpha value is -1.32. The Morgan fingerprint density at radius 3 is 2.71 bits per heavy atom. The van der Waals surface area contributed by atoms with E-state index in [1.54, 1.807) is 0 Å². The van der Waals surface area contributed by atoms with Crippen LogP contribution in [0.2, 0.25) is 0 Å². The van der Waals surface area contributed by atoms with E-state index in [0.29, 0.717) is 18.2 Å². The summed E-state index contributed by atoms with van der Waals surface area (Å²) in [6, 6.07) is 0. The highest BCUT2D eigenvalue weighted by Crippen LogP contribution is 2.47. The number of piperidine rings is 1. The van der Waals surface area contributed by atoms with Crippen LogP contribution in [0.3, 0.4) is 0 Å². The summed E-state index contributed by atoms with van der Waals surface area (Å²) in [7, 11) is 0. The molecule has 1 aliphatic heterocycles. The molecule has 2 amide bonds. The van der Waals surface area contributed by atoms with Crippen LogP contribution in [-0.4, -0.2) is 29.8 Å². The fourth-order valence-corrected chi connectivity index (χ4v) is 4.90. The van der Waals surface area contributed by atoms with E-state index in [4.69, 9.17) is 0 Å². The maximum absolute atomic E-state index is 12.5. The zero-order valence-corrected chi connectivity index (χ0v) is 14.7. The van der Waals surface area contributed by atoms with Crippen LogP contribution in [-0.2, 0) is 9.59 Å². The van der Waals surface area contributed by atoms with Gasteiger partial charge in [-0.3, -0.25) is 9.59 Å². The van der Waals surface area contributed by atoms with Gasteiger partial charge >= 0.3 is 0 Å². The Bertz CT molecular complexity index is 546. The van der Waals surface area contributed by atoms with Crippen LogP contribution in [0, 0.1) is 17.3 Å². The Labute approximate surface area is 145 Å². The number of carbonyl (C=O) groups is 2. The van der Waals surface area contributed by atoms with Crippen LogP contribution >= 0.6 is 0 Å². The molecular weight excluding hydrogens is 300 g/mol. The molecule has 3 aliphatic carbocycles. The first kappa shape index (κ1) is 16.2. The van der Waals surface area contributed by atoms with Gasteiger partial charge in [0.05, 0.1) is 0 Å². The van der Waals surface area contributed by atoms with Crippen molar-refractivity contribution in [2.45, 2.75) is 70.6 Å². The number of rotatable bonds is 5. The summed E-state index contributed by atoms with van der Waals surface area (Å²) in [4.78, 5) is 27.1. The second-order valence-electron chi connectivity index (χ2n) is 8.41. The minimum Gasteiger partial charge on any atom is -0.355 e. The molecular formula is C20H30N2O2. The summed E-state index contributed by atoms with van der Waals surface area (Å²) >= 11 is 0. The Balaban J connectivity index is 1.47. The molecule has 4 rings (SSSR count). The minimum atomic E-state index is 0.00924. The van der Waals surface area contributed by atoms with E-state index in [1.807, 2.05) is 0 Å². The van der Waals surface area contributed by atoms with Gasteiger partial charge in [-0.2, -0.15) is 0 Å². The largest absolute Gasteiger partial charge is 0.355 e. The normalized spacial score (nSPS) is 30.9. The molecule has 1 atom stereocenters. The van der Waals surface area contributed by atoms with Crippen LogP contribution in [0.15, 0.2) is 11.8 Å². The molecule has 1 N–H and O–H groups in total. The highest BCUT2D eigenvalue weighted by atomic mass is 16.2. The van der Waals surface area contributed by atoms with Crippen LogP contribution < -0.4 is 5.32 Å². The van der Waals surface area contributed by atoms with Crippen molar-refractivity contribution < 1.29 is 9.59 Å². The Kier molecular flexibility index (Phi) is 4.40. The maximum Gasteiger partial charge on any atom is 0.226 e. The number of nitrogens with one attached hydrogen (secondary N) is 1. The second kappa shape index (κ2) is 6.53. The lowest BCUT2D eigenvalue weighted by atomic mass is 9.69. The molecule has 4 aliphatic rings. The number of fused-ring (bicyclic) bond motifs is 1. The molecule has 24 heavy (non-hydrogen) atoms. The van der Waals surface area contributed by atoms with Gasteiger partial charge in [0, 0.05) is 36.5 Å². The first-order valence-electron chi connectivity index (χ1n) is 9.97. The van der Waals surface area contributed by atoms with Crippen molar-refractivity contribution in [1.29, 1.82) is 0 Å². The number of amides is 2. The minimum absolute atomic E-state index is 0.00924. The number of carbonyl (C=O) groups excluding carboxylic acids is 2. The fourth-order valence-electron chi connectivity index (χ4n) is 4.90. The molecule has 4 nitrogen and oxygen atoms in total. The summed E-state index contributed by atoms with van der Waals surface area (Å²) in [5.74, 6) is 1.48. The highest BCUT2D eigenvalue weighted by molar-refractivity contribution is 5.81. The molecule has 4 heteroatoms. The quantitative estimate of drug-likeness (QED) is 0.840. The highest BCUT2D eigenvalue weighted by Gasteiger charge is 2.45. The SMILES string of the molecule is O=C(NCC12CCCC=C1N(CC1CC1)C(=O)CC2)C1CCCC1. The van der Waals surface area contributed by atoms with Crippen LogP contribution in [0.1, 0.15) is 70.6 Å². The average molecular weight is 330 g/mol. The van der Waals surface area contributed by atoms with Crippen molar-refractivity contribution in [2.24, 2.45) is 17.3 Å². The summed E-state index contributed by atoms with van der Waals surface area (Å²) in [5, 5.41) is 3.27. The van der Waals surface area contributed by atoms with Gasteiger partial charge in [-0.05, 0) is 57.3 Å². The van der Waals surface area contributed by atoms with E-state index >= 15 is 0 Å². The molecule has 2 saturated carbocycles. The molecule has 0 aromatic carbocycles. The smallest absolute Gasteiger partial charge is 0.226 e. The third-order valence-electron chi connectivity index (χ3n) is 6.61. The van der Waals surface area contributed by atoms with Gasteiger partial charge in [0.2, 0.25) is 11.8 Å². The van der Waals surface area contributed by atoms with Crippen molar-refractivity contribution in [3.8, 4) is 0 Å². The molecule has 1 unspecified atom stereocenters. The van der Waals surface area contributed by atoms with Crippen LogP contribution in [0.25, 0.3) is 0 Å². The van der Waals surface area contributed by atoms with E-state index in [2.05, 4.69) is 16.3 Å². The number of nitrogens with zero attached hydrogens (tertiary/aromatic N) is 1. The predicted molar refractivity (Wildman–Crippen MR) is 93.0 cm³/mol. The van der Waals surface area contributed by atoms with Gasteiger partial charge in [0.25, 0.3) is 0 Å². The molecule has 0 aromatic heterocycles. The van der Waals surface area contributed by atoms with Gasteiger partial charge in [-0.15, -0.1) is 0 Å². The van der Waals surface area contributed by atoms with Gasteiger partial charge in [-0.25, -0.2) is 0 Å². The van der Waals surface area contributed by atoms with E-state index in [1.165, 1.54) is 37.8 Å². The van der Waals surface area contributed by atoms with Gasteiger partial charge in [0.1, 0.15) is 0 Å². The number of allylic oxidation sites excluding steroid dienone is 1. The van der Waals surface area contributed by atoms with Crippen molar-refractivity contribution >= 4 is 11.8 Å². The van der Waals surface area contributed by atoms with Crippen LogP contribution in [0.5, 0.6) is 0 Å². The van der Waals surface area contributed by atoms with E-state index in [9.17, 15) is 9.59 Å². The topological polar surface area (TPSA) is 49.4 Å². The molecule has 0 spiro atoms. The molecule has 0 aromatic rings. The Morgan fingerprint density at radius 1 is 1.17 bits per heavy atom. The maximum atomic E-state index is 12.5. The van der Waals surface area contributed by atoms with Crippen molar-refractivity contribution in [2.75, 3.05) is 13.1 Å². The van der Waals surface area contributed by atoms with Crippen molar-refractivity contribution in [3.63, 3.8) is 0 Å². The van der Waals surface area contributed by atoms with Gasteiger partial charge < -0.3 is 10.2 Å². The zero-order chi connectivity index (χ0) is 16.6. The summed E-state index contributed by atoms with van der Waals surface area (Å²) in [6.45, 7) is 1.63. The standard InChI is InChI=1S/C20H30N2O2/c23-18-10-12-20(14-21-19(24)16-5-1-2-6-16)11-4-3-7-17(20)22(18)13-15-8-9-15/h7,15-16H,1-6,8-14H2,(H,21,24). The average Bonchev–Trinajstić information content (AvgIpc) is 3.25. The van der Waals surface area contributed by atoms with Crippen LogP contribution in [0.4, 0.5) is 0 Å². The first-order chi connectivity index (χ1) is 11.7.